The molecule has 4 aromatic carbocycles. The van der Waals surface area contributed by atoms with Gasteiger partial charge in [-0.2, -0.15) is 0 Å². The van der Waals surface area contributed by atoms with E-state index in [0.29, 0.717) is 0 Å². The Morgan fingerprint density at radius 3 is 1.16 bits per heavy atom. The quantitative estimate of drug-likeness (QED) is 0.140. The molecule has 0 saturated heterocycles. The number of hydrogen-bond acceptors (Lipinski definition) is 0. The van der Waals surface area contributed by atoms with Crippen LogP contribution in [0, 0.1) is 69.8 Å². The molecular weight excluding hydrogens is 527 g/mol. The van der Waals surface area contributed by atoms with Gasteiger partial charge in [-0.25, -0.2) is 52.7 Å². The number of benzene rings is 4. The third-order valence-electron chi connectivity index (χ3n) is 5.52. The molecule has 0 aliphatic carbocycles. The summed E-state index contributed by atoms with van der Waals surface area (Å²) in [5.74, 6) is -28.6. The number of halogens is 12. The summed E-state index contributed by atoms with van der Waals surface area (Å²) in [6, 6.07) is 4.71. The molecule has 0 aromatic heterocycles. The molecule has 0 nitrogen and oxygen atoms in total. The van der Waals surface area contributed by atoms with Crippen molar-refractivity contribution in [2.45, 2.75) is 0 Å². The van der Waals surface area contributed by atoms with Gasteiger partial charge in [-0.05, 0) is 11.0 Å². The maximum Gasteiger partial charge on any atom is 0.262 e. The Morgan fingerprint density at radius 1 is 0.378 bits per heavy atom. The summed E-state index contributed by atoms with van der Waals surface area (Å²) in [6.07, 6.45) is 0. The Balaban J connectivity index is 2.32. The van der Waals surface area contributed by atoms with Crippen LogP contribution in [0.2, 0.25) is 0 Å². The molecule has 0 fully saturated rings. The first kappa shape index (κ1) is 26.2. The second-order valence-electron chi connectivity index (χ2n) is 7.61. The monoisotopic (exact) mass is 534 g/mol. The van der Waals surface area contributed by atoms with E-state index in [1.807, 2.05) is 0 Å². The van der Waals surface area contributed by atoms with Gasteiger partial charge in [0.15, 0.2) is 69.8 Å². The van der Waals surface area contributed by atoms with Crippen LogP contribution in [-0.2, 0) is 0 Å². The van der Waals surface area contributed by atoms with Gasteiger partial charge in [0, 0.05) is 28.6 Å². The van der Waals surface area contributed by atoms with E-state index in [2.05, 4.69) is 0 Å². The third kappa shape index (κ3) is 4.11. The second-order valence-corrected chi connectivity index (χ2v) is 7.61. The van der Waals surface area contributed by atoms with Gasteiger partial charge in [-0.3, -0.25) is 0 Å². The summed E-state index contributed by atoms with van der Waals surface area (Å²) in [6.45, 7) is -3.32. The van der Waals surface area contributed by atoms with Gasteiger partial charge < -0.3 is 0 Å². The molecule has 0 unspecified atom stereocenters. The topological polar surface area (TPSA) is 0 Å². The normalized spacial score (nSPS) is 11.2. The molecule has 0 aliphatic rings. The van der Waals surface area contributed by atoms with Gasteiger partial charge in [0.2, 0.25) is 0 Å². The minimum atomic E-state index is -3.32. The molecular formula is C24H7BF12. The van der Waals surface area contributed by atoms with E-state index in [0.717, 1.165) is 24.3 Å². The lowest BCUT2D eigenvalue weighted by atomic mass is 9.35. The molecule has 0 heterocycles. The SMILES string of the molecule is Fc1cc(F)c(F)c(B(c2c(F)c(F)cc(F)c2F)c2c(F)c(F)c(F)c(F)c2-c2ccccc2)c1F. The fraction of sp³-hybridized carbons (Fsp3) is 0. The van der Waals surface area contributed by atoms with Crippen LogP contribution in [-0.4, -0.2) is 6.71 Å². The highest BCUT2D eigenvalue weighted by Gasteiger charge is 2.43. The maximum absolute atomic E-state index is 15.3. The molecule has 0 N–H and O–H groups in total. The van der Waals surface area contributed by atoms with Crippen molar-refractivity contribution in [3.63, 3.8) is 0 Å². The predicted molar refractivity (Wildman–Crippen MR) is 109 cm³/mol. The second kappa shape index (κ2) is 9.53. The first-order valence-corrected chi connectivity index (χ1v) is 9.95. The van der Waals surface area contributed by atoms with Crippen LogP contribution in [0.15, 0.2) is 42.5 Å². The van der Waals surface area contributed by atoms with Crippen LogP contribution in [0.3, 0.4) is 0 Å². The summed E-state index contributed by atoms with van der Waals surface area (Å²) in [5, 5.41) is 0. The average molecular weight is 534 g/mol. The van der Waals surface area contributed by atoms with Gasteiger partial charge in [-0.15, -0.1) is 0 Å². The molecule has 4 rings (SSSR count). The van der Waals surface area contributed by atoms with Crippen molar-refractivity contribution in [3.05, 3.63) is 112 Å². The highest BCUT2D eigenvalue weighted by Crippen LogP contribution is 2.28. The molecule has 13 heteroatoms. The summed E-state index contributed by atoms with van der Waals surface area (Å²) in [5.41, 5.74) is -8.01. The minimum Gasteiger partial charge on any atom is -0.204 e. The molecule has 37 heavy (non-hydrogen) atoms. The molecule has 0 bridgehead atoms. The van der Waals surface area contributed by atoms with Crippen LogP contribution in [0.25, 0.3) is 11.1 Å². The first-order chi connectivity index (χ1) is 17.4. The van der Waals surface area contributed by atoms with Gasteiger partial charge >= 0.3 is 0 Å². The summed E-state index contributed by atoms with van der Waals surface area (Å²) < 4.78 is 175. The van der Waals surface area contributed by atoms with Gasteiger partial charge in [-0.1, -0.05) is 30.3 Å². The van der Waals surface area contributed by atoms with Gasteiger partial charge in [0.05, 0.1) is 0 Å². The van der Waals surface area contributed by atoms with E-state index >= 15 is 8.78 Å². The van der Waals surface area contributed by atoms with Crippen molar-refractivity contribution in [2.24, 2.45) is 0 Å². The van der Waals surface area contributed by atoms with Gasteiger partial charge in [0.25, 0.3) is 6.71 Å². The highest BCUT2D eigenvalue weighted by molar-refractivity contribution is 6.96. The molecule has 0 saturated carbocycles. The lowest BCUT2D eigenvalue weighted by molar-refractivity contribution is 0.414. The largest absolute Gasteiger partial charge is 0.262 e. The Bertz CT molecular complexity index is 1440. The zero-order chi connectivity index (χ0) is 27.3. The maximum atomic E-state index is 15.3. The van der Waals surface area contributed by atoms with Crippen molar-refractivity contribution < 1.29 is 52.7 Å². The van der Waals surface area contributed by atoms with E-state index in [4.69, 9.17) is 0 Å². The van der Waals surface area contributed by atoms with E-state index in [-0.39, 0.29) is 12.1 Å². The summed E-state index contributed by atoms with van der Waals surface area (Å²) in [4.78, 5) is 0. The van der Waals surface area contributed by atoms with Crippen LogP contribution < -0.4 is 16.4 Å². The number of hydrogen-bond donors (Lipinski definition) is 0. The first-order valence-electron chi connectivity index (χ1n) is 9.95. The molecule has 0 spiro atoms. The standard InChI is InChI=1S/C24H7BF12/c26-9-6-10(27)18(31)15(17(9)30)25(16-19(32)11(28)7-12(29)20(16)33)14-13(8-4-2-1-3-5-8)21(34)23(36)24(37)22(14)35/h1-7H. The Labute approximate surface area is 199 Å². The molecule has 0 radical (unpaired) electrons. The molecule has 190 valence electrons. The Hall–Kier alpha value is -3.90. The predicted octanol–water partition coefficient (Wildman–Crippen LogP) is 5.54. The third-order valence-corrected chi connectivity index (χ3v) is 5.52. The number of rotatable bonds is 4. The molecule has 0 aliphatic heterocycles. The van der Waals surface area contributed by atoms with Crippen molar-refractivity contribution >= 4 is 23.1 Å². The molecule has 0 amide bonds. The summed E-state index contributed by atoms with van der Waals surface area (Å²) in [7, 11) is 0. The van der Waals surface area contributed by atoms with Crippen molar-refractivity contribution in [3.8, 4) is 11.1 Å². The van der Waals surface area contributed by atoms with E-state index in [1.54, 1.807) is 0 Å². The minimum absolute atomic E-state index is 0.357. The van der Waals surface area contributed by atoms with E-state index in [9.17, 15) is 43.9 Å². The van der Waals surface area contributed by atoms with E-state index in [1.165, 1.54) is 6.07 Å². The van der Waals surface area contributed by atoms with Crippen LogP contribution in [0.1, 0.15) is 0 Å². The van der Waals surface area contributed by atoms with Crippen molar-refractivity contribution in [1.29, 1.82) is 0 Å². The van der Waals surface area contributed by atoms with Crippen LogP contribution >= 0.6 is 0 Å². The summed E-state index contributed by atoms with van der Waals surface area (Å²) >= 11 is 0. The van der Waals surface area contributed by atoms with Crippen molar-refractivity contribution in [1.82, 2.24) is 0 Å². The Morgan fingerprint density at radius 2 is 0.757 bits per heavy atom. The van der Waals surface area contributed by atoms with Crippen LogP contribution in [0.4, 0.5) is 52.7 Å². The van der Waals surface area contributed by atoms with Gasteiger partial charge in [0.1, 0.15) is 0 Å². The van der Waals surface area contributed by atoms with E-state index < -0.39 is 104 Å². The fourth-order valence-corrected chi connectivity index (χ4v) is 3.93. The lowest BCUT2D eigenvalue weighted by Gasteiger charge is -2.23. The molecule has 0 atom stereocenters. The zero-order valence-corrected chi connectivity index (χ0v) is 17.7. The zero-order valence-electron chi connectivity index (χ0n) is 17.7. The molecule has 4 aromatic rings. The highest BCUT2D eigenvalue weighted by atomic mass is 19.2. The average Bonchev–Trinajstić information content (AvgIpc) is 2.87. The smallest absolute Gasteiger partial charge is 0.204 e. The Kier molecular flexibility index (Phi) is 6.74. The van der Waals surface area contributed by atoms with Crippen LogP contribution in [0.5, 0.6) is 0 Å². The van der Waals surface area contributed by atoms with Crippen molar-refractivity contribution in [2.75, 3.05) is 0 Å². The fourth-order valence-electron chi connectivity index (χ4n) is 3.93. The lowest BCUT2D eigenvalue weighted by Crippen LogP contribution is -2.59.